The summed E-state index contributed by atoms with van der Waals surface area (Å²) < 4.78 is 7.38. The maximum atomic E-state index is 6.26. The molecule has 0 aliphatic carbocycles. The molecule has 0 bridgehead atoms. The summed E-state index contributed by atoms with van der Waals surface area (Å²) in [5, 5.41) is 3.55. The van der Waals surface area contributed by atoms with E-state index < -0.39 is 0 Å². The molecule has 114 valence electrons. The third-order valence-electron chi connectivity index (χ3n) is 3.16. The zero-order chi connectivity index (χ0) is 15.2. The Labute approximate surface area is 132 Å². The van der Waals surface area contributed by atoms with Gasteiger partial charge in [-0.1, -0.05) is 47.5 Å². The van der Waals surface area contributed by atoms with Gasteiger partial charge in [-0.05, 0) is 45.7 Å². The maximum Gasteiger partial charge on any atom is 0.0963 e. The first kappa shape index (κ1) is 17.7. The summed E-state index contributed by atoms with van der Waals surface area (Å²) in [4.78, 5) is 0. The molecular weight excluding hydrogens is 314 g/mol. The predicted molar refractivity (Wildman–Crippen MR) is 90.1 cm³/mol. The second-order valence-electron chi connectivity index (χ2n) is 6.38. The molecule has 0 aliphatic heterocycles. The molecule has 2 unspecified atom stereocenters. The van der Waals surface area contributed by atoms with E-state index in [0.29, 0.717) is 0 Å². The molecule has 3 heteroatoms. The molecule has 0 aliphatic rings. The lowest BCUT2D eigenvalue weighted by Gasteiger charge is -2.28. The quantitative estimate of drug-likeness (QED) is 0.746. The molecule has 1 aromatic carbocycles. The minimum Gasteiger partial charge on any atom is -0.369 e. The van der Waals surface area contributed by atoms with Gasteiger partial charge in [-0.25, -0.2) is 0 Å². The van der Waals surface area contributed by atoms with E-state index in [4.69, 9.17) is 4.74 Å². The van der Waals surface area contributed by atoms with Crippen molar-refractivity contribution in [1.29, 1.82) is 0 Å². The van der Waals surface area contributed by atoms with E-state index in [2.05, 4.69) is 74.1 Å². The highest BCUT2D eigenvalue weighted by atomic mass is 79.9. The SMILES string of the molecule is CCCC(C)OC(CNC(C)(C)C)c1ccccc1Br. The summed E-state index contributed by atoms with van der Waals surface area (Å²) in [6.07, 6.45) is 2.60. The average molecular weight is 342 g/mol. The Morgan fingerprint density at radius 2 is 1.90 bits per heavy atom. The van der Waals surface area contributed by atoms with Crippen LogP contribution in [-0.4, -0.2) is 18.2 Å². The van der Waals surface area contributed by atoms with Gasteiger partial charge in [-0.15, -0.1) is 0 Å². The fourth-order valence-corrected chi connectivity index (χ4v) is 2.66. The Hall–Kier alpha value is -0.380. The van der Waals surface area contributed by atoms with Crippen LogP contribution in [0.4, 0.5) is 0 Å². The van der Waals surface area contributed by atoms with Gasteiger partial charge >= 0.3 is 0 Å². The molecule has 0 fully saturated rings. The van der Waals surface area contributed by atoms with Gasteiger partial charge in [0, 0.05) is 16.6 Å². The largest absolute Gasteiger partial charge is 0.369 e. The van der Waals surface area contributed by atoms with Crippen LogP contribution in [0, 0.1) is 0 Å². The van der Waals surface area contributed by atoms with Gasteiger partial charge in [-0.2, -0.15) is 0 Å². The van der Waals surface area contributed by atoms with Crippen molar-refractivity contribution < 1.29 is 4.74 Å². The molecule has 0 radical (unpaired) electrons. The minimum absolute atomic E-state index is 0.0753. The molecule has 1 N–H and O–H groups in total. The van der Waals surface area contributed by atoms with E-state index in [1.165, 1.54) is 5.56 Å². The third kappa shape index (κ3) is 6.38. The van der Waals surface area contributed by atoms with Crippen LogP contribution in [-0.2, 0) is 4.74 Å². The highest BCUT2D eigenvalue weighted by Gasteiger charge is 2.20. The van der Waals surface area contributed by atoms with Crippen molar-refractivity contribution in [2.45, 2.75) is 65.2 Å². The summed E-state index contributed by atoms with van der Waals surface area (Å²) >= 11 is 3.64. The second kappa shape index (κ2) is 8.16. The van der Waals surface area contributed by atoms with Gasteiger partial charge in [0.2, 0.25) is 0 Å². The van der Waals surface area contributed by atoms with Crippen molar-refractivity contribution in [2.75, 3.05) is 6.54 Å². The van der Waals surface area contributed by atoms with Crippen molar-refractivity contribution in [3.8, 4) is 0 Å². The van der Waals surface area contributed by atoms with Crippen LogP contribution >= 0.6 is 15.9 Å². The first-order valence-electron chi connectivity index (χ1n) is 7.48. The summed E-state index contributed by atoms with van der Waals surface area (Å²) in [5.41, 5.74) is 1.31. The van der Waals surface area contributed by atoms with Crippen molar-refractivity contribution in [3.63, 3.8) is 0 Å². The Balaban J connectivity index is 2.81. The monoisotopic (exact) mass is 341 g/mol. The predicted octanol–water partition coefficient (Wildman–Crippen LogP) is 5.08. The Kier molecular flexibility index (Phi) is 7.21. The minimum atomic E-state index is 0.0753. The van der Waals surface area contributed by atoms with E-state index in [9.17, 15) is 0 Å². The van der Waals surface area contributed by atoms with Gasteiger partial charge in [0.1, 0.15) is 0 Å². The van der Waals surface area contributed by atoms with Crippen LogP contribution in [0.2, 0.25) is 0 Å². The number of hydrogen-bond acceptors (Lipinski definition) is 2. The molecule has 1 rings (SSSR count). The van der Waals surface area contributed by atoms with E-state index in [-0.39, 0.29) is 17.7 Å². The highest BCUT2D eigenvalue weighted by molar-refractivity contribution is 9.10. The number of halogens is 1. The number of nitrogens with one attached hydrogen (secondary N) is 1. The molecule has 0 heterocycles. The van der Waals surface area contributed by atoms with Crippen molar-refractivity contribution in [2.24, 2.45) is 0 Å². The molecule has 0 spiro atoms. The topological polar surface area (TPSA) is 21.3 Å². The molecule has 0 aromatic heterocycles. The molecule has 2 atom stereocenters. The number of hydrogen-bond donors (Lipinski definition) is 1. The summed E-state index contributed by atoms with van der Waals surface area (Å²) in [5.74, 6) is 0. The Morgan fingerprint density at radius 1 is 1.25 bits per heavy atom. The fraction of sp³-hybridized carbons (Fsp3) is 0.647. The smallest absolute Gasteiger partial charge is 0.0963 e. The average Bonchev–Trinajstić information content (AvgIpc) is 2.34. The molecule has 0 saturated heterocycles. The summed E-state index contributed by atoms with van der Waals surface area (Å²) in [7, 11) is 0. The second-order valence-corrected chi connectivity index (χ2v) is 7.23. The van der Waals surface area contributed by atoms with Crippen LogP contribution in [0.1, 0.15) is 59.1 Å². The molecule has 20 heavy (non-hydrogen) atoms. The van der Waals surface area contributed by atoms with Crippen LogP contribution < -0.4 is 5.32 Å². The fourth-order valence-electron chi connectivity index (χ4n) is 2.12. The molecule has 2 nitrogen and oxygen atoms in total. The van der Waals surface area contributed by atoms with Crippen LogP contribution in [0.15, 0.2) is 28.7 Å². The summed E-state index contributed by atoms with van der Waals surface area (Å²) in [6.45, 7) is 11.7. The Bertz CT molecular complexity index is 400. The molecule has 1 aromatic rings. The van der Waals surface area contributed by atoms with Gasteiger partial charge in [0.05, 0.1) is 12.2 Å². The highest BCUT2D eigenvalue weighted by Crippen LogP contribution is 2.27. The van der Waals surface area contributed by atoms with Gasteiger partial charge < -0.3 is 10.1 Å². The van der Waals surface area contributed by atoms with E-state index in [0.717, 1.165) is 23.9 Å². The zero-order valence-electron chi connectivity index (χ0n) is 13.4. The molecule has 0 amide bonds. The summed E-state index contributed by atoms with van der Waals surface area (Å²) in [6, 6.07) is 8.32. The lowest BCUT2D eigenvalue weighted by Crippen LogP contribution is -2.39. The lowest BCUT2D eigenvalue weighted by atomic mass is 10.1. The van der Waals surface area contributed by atoms with Crippen molar-refractivity contribution in [1.82, 2.24) is 5.32 Å². The molecular formula is C17H28BrNO. The first-order chi connectivity index (χ1) is 9.33. The number of benzene rings is 1. The van der Waals surface area contributed by atoms with Crippen molar-refractivity contribution >= 4 is 15.9 Å². The standard InChI is InChI=1S/C17H28BrNO/c1-6-9-13(2)20-16(12-19-17(3,4)5)14-10-7-8-11-15(14)18/h7-8,10-11,13,16,19H,6,9,12H2,1-5H3. The van der Waals surface area contributed by atoms with E-state index in [1.54, 1.807) is 0 Å². The number of ether oxygens (including phenoxy) is 1. The first-order valence-corrected chi connectivity index (χ1v) is 8.27. The van der Waals surface area contributed by atoms with E-state index >= 15 is 0 Å². The lowest BCUT2D eigenvalue weighted by molar-refractivity contribution is -0.0103. The van der Waals surface area contributed by atoms with Gasteiger partial charge in [-0.3, -0.25) is 0 Å². The third-order valence-corrected chi connectivity index (χ3v) is 3.88. The van der Waals surface area contributed by atoms with Gasteiger partial charge in [0.25, 0.3) is 0 Å². The van der Waals surface area contributed by atoms with Crippen molar-refractivity contribution in [3.05, 3.63) is 34.3 Å². The van der Waals surface area contributed by atoms with Gasteiger partial charge in [0.15, 0.2) is 0 Å². The molecule has 0 saturated carbocycles. The van der Waals surface area contributed by atoms with E-state index in [1.807, 2.05) is 6.07 Å². The zero-order valence-corrected chi connectivity index (χ0v) is 15.0. The number of rotatable bonds is 7. The van der Waals surface area contributed by atoms with Crippen LogP contribution in [0.5, 0.6) is 0 Å². The normalized spacial score (nSPS) is 15.1. The Morgan fingerprint density at radius 3 is 2.45 bits per heavy atom. The van der Waals surface area contributed by atoms with Crippen LogP contribution in [0.25, 0.3) is 0 Å². The van der Waals surface area contributed by atoms with Crippen LogP contribution in [0.3, 0.4) is 0 Å². The maximum absolute atomic E-state index is 6.26.